The number of fused-ring (bicyclic) bond motifs is 4. The molecular weight excluding hydrogens is 424 g/mol. The molecule has 0 bridgehead atoms. The first-order chi connectivity index (χ1) is 16.1. The van der Waals surface area contributed by atoms with Gasteiger partial charge in [-0.15, -0.1) is 0 Å². The van der Waals surface area contributed by atoms with Gasteiger partial charge in [0.15, 0.2) is 5.60 Å². The van der Waals surface area contributed by atoms with Gasteiger partial charge in [0.25, 0.3) is 5.91 Å². The van der Waals surface area contributed by atoms with Crippen molar-refractivity contribution in [1.82, 2.24) is 9.80 Å². The number of likely N-dealkylation sites (tertiary alicyclic amines) is 1. The summed E-state index contributed by atoms with van der Waals surface area (Å²) >= 11 is 0. The average Bonchev–Trinajstić information content (AvgIpc) is 3.40. The van der Waals surface area contributed by atoms with E-state index in [0.29, 0.717) is 23.7 Å². The molecular formula is C29H44N2O3. The van der Waals surface area contributed by atoms with Gasteiger partial charge in [-0.2, -0.15) is 0 Å². The number of likely N-dealkylation sites (N-methyl/N-ethyl adjacent to an activating group) is 1. The lowest BCUT2D eigenvalue weighted by atomic mass is 9.47. The fourth-order valence-electron chi connectivity index (χ4n) is 10.0. The van der Waals surface area contributed by atoms with Crippen molar-refractivity contribution in [3.8, 4) is 0 Å². The summed E-state index contributed by atoms with van der Waals surface area (Å²) in [5, 5.41) is 0. The second kappa shape index (κ2) is 7.57. The quantitative estimate of drug-likeness (QED) is 0.441. The van der Waals surface area contributed by atoms with Crippen LogP contribution in [0.25, 0.3) is 0 Å². The van der Waals surface area contributed by atoms with Crippen LogP contribution in [0.5, 0.6) is 0 Å². The topological polar surface area (TPSA) is 49.9 Å². The minimum atomic E-state index is -0.865. The van der Waals surface area contributed by atoms with E-state index in [0.717, 1.165) is 42.6 Å². The first-order valence-electron chi connectivity index (χ1n) is 14.0. The number of ether oxygens (including phenoxy) is 1. The predicted octanol–water partition coefficient (Wildman–Crippen LogP) is 4.80. The zero-order valence-electron chi connectivity index (χ0n) is 21.9. The number of nitrogens with zero attached hydrogens (tertiary/aromatic N) is 2. The molecule has 8 atom stereocenters. The van der Waals surface area contributed by atoms with Crippen LogP contribution in [-0.4, -0.2) is 60.0 Å². The molecule has 1 heterocycles. The predicted molar refractivity (Wildman–Crippen MR) is 132 cm³/mol. The molecule has 5 aliphatic carbocycles. The molecule has 5 fully saturated rings. The summed E-state index contributed by atoms with van der Waals surface area (Å²) in [4.78, 5) is 29.4. The van der Waals surface area contributed by atoms with E-state index in [2.05, 4.69) is 31.9 Å². The number of carbonyl (C=O) groups is 2. The molecule has 0 aromatic rings. The van der Waals surface area contributed by atoms with Crippen molar-refractivity contribution < 1.29 is 14.3 Å². The smallest absolute Gasteiger partial charge is 0.303 e. The highest BCUT2D eigenvalue weighted by molar-refractivity contribution is 5.90. The Balaban J connectivity index is 1.20. The highest BCUT2D eigenvalue weighted by Gasteiger charge is 2.64. The van der Waals surface area contributed by atoms with Crippen LogP contribution in [0, 0.1) is 34.5 Å². The van der Waals surface area contributed by atoms with Gasteiger partial charge in [-0.3, -0.25) is 9.59 Å². The molecule has 1 saturated heterocycles. The van der Waals surface area contributed by atoms with Gasteiger partial charge in [-0.05, 0) is 99.8 Å². The van der Waals surface area contributed by atoms with E-state index in [1.165, 1.54) is 52.0 Å². The molecule has 5 nitrogen and oxygen atoms in total. The minimum absolute atomic E-state index is 0.0154. The first-order valence-corrected chi connectivity index (χ1v) is 14.0. The summed E-state index contributed by atoms with van der Waals surface area (Å²) in [7, 11) is 4.29. The van der Waals surface area contributed by atoms with Gasteiger partial charge >= 0.3 is 5.97 Å². The Labute approximate surface area is 205 Å². The third kappa shape index (κ3) is 3.07. The van der Waals surface area contributed by atoms with E-state index in [9.17, 15) is 9.59 Å². The highest BCUT2D eigenvalue weighted by Crippen LogP contribution is 2.68. The second-order valence-electron chi connectivity index (χ2n) is 13.3. The molecule has 4 saturated carbocycles. The van der Waals surface area contributed by atoms with Crippen molar-refractivity contribution in [2.24, 2.45) is 34.5 Å². The zero-order valence-corrected chi connectivity index (χ0v) is 21.9. The summed E-state index contributed by atoms with van der Waals surface area (Å²) < 4.78 is 5.46. The molecule has 188 valence electrons. The van der Waals surface area contributed by atoms with Crippen molar-refractivity contribution in [1.29, 1.82) is 0 Å². The van der Waals surface area contributed by atoms with E-state index in [-0.39, 0.29) is 17.9 Å². The Bertz CT molecular complexity index is 924. The Morgan fingerprint density at radius 3 is 2.50 bits per heavy atom. The Morgan fingerprint density at radius 2 is 1.79 bits per heavy atom. The summed E-state index contributed by atoms with van der Waals surface area (Å²) in [6, 6.07) is 0.976. The van der Waals surface area contributed by atoms with Crippen LogP contribution in [0.3, 0.4) is 0 Å². The maximum Gasteiger partial charge on any atom is 0.303 e. The first kappa shape index (κ1) is 23.1. The van der Waals surface area contributed by atoms with Gasteiger partial charge in [0.05, 0.1) is 0 Å². The normalized spacial score (nSPS) is 46.4. The lowest BCUT2D eigenvalue weighted by molar-refractivity contribution is -0.162. The number of amides is 1. The van der Waals surface area contributed by atoms with E-state index < -0.39 is 5.60 Å². The van der Waals surface area contributed by atoms with Gasteiger partial charge < -0.3 is 14.5 Å². The Hall–Kier alpha value is -1.36. The van der Waals surface area contributed by atoms with Crippen molar-refractivity contribution in [2.45, 2.75) is 103 Å². The van der Waals surface area contributed by atoms with Crippen LogP contribution >= 0.6 is 0 Å². The van der Waals surface area contributed by atoms with Crippen LogP contribution in [0.1, 0.15) is 85.0 Å². The fourth-order valence-corrected chi connectivity index (χ4v) is 10.0. The lowest BCUT2D eigenvalue weighted by Crippen LogP contribution is -2.53. The molecule has 8 unspecified atom stereocenters. The summed E-state index contributed by atoms with van der Waals surface area (Å²) in [5.41, 5.74) is 1.63. The van der Waals surface area contributed by atoms with Crippen LogP contribution in [-0.2, 0) is 14.3 Å². The summed E-state index contributed by atoms with van der Waals surface area (Å²) in [6.45, 7) is 7.76. The number of allylic oxidation sites excluding steroid dienone is 1. The number of carbonyl (C=O) groups excluding carboxylic acids is 2. The van der Waals surface area contributed by atoms with Crippen LogP contribution in [0.4, 0.5) is 0 Å². The minimum Gasteiger partial charge on any atom is -0.449 e. The summed E-state index contributed by atoms with van der Waals surface area (Å²) in [6.07, 6.45) is 14.1. The van der Waals surface area contributed by atoms with Gasteiger partial charge in [-0.25, -0.2) is 0 Å². The number of hydrogen-bond donors (Lipinski definition) is 0. The van der Waals surface area contributed by atoms with E-state index >= 15 is 0 Å². The SMILES string of the molecule is CC(=O)OC1(C(=O)N(C)C2CCC3(C)C(=CCC4C3CCC35CN(C)C(C)C3CCC45)C2)CC1. The third-order valence-corrected chi connectivity index (χ3v) is 12.0. The van der Waals surface area contributed by atoms with Gasteiger partial charge in [0.1, 0.15) is 0 Å². The van der Waals surface area contributed by atoms with Crippen molar-refractivity contribution in [2.75, 3.05) is 20.6 Å². The fraction of sp³-hybridized carbons (Fsp3) is 0.862. The molecule has 6 rings (SSSR count). The third-order valence-electron chi connectivity index (χ3n) is 12.0. The maximum absolute atomic E-state index is 13.2. The molecule has 5 heteroatoms. The number of hydrogen-bond acceptors (Lipinski definition) is 4. The van der Waals surface area contributed by atoms with Crippen LogP contribution in [0.15, 0.2) is 11.6 Å². The van der Waals surface area contributed by atoms with E-state index in [1.807, 2.05) is 11.9 Å². The molecule has 34 heavy (non-hydrogen) atoms. The molecule has 0 radical (unpaired) electrons. The van der Waals surface area contributed by atoms with Gasteiger partial charge in [0, 0.05) is 45.4 Å². The Kier molecular flexibility index (Phi) is 5.14. The van der Waals surface area contributed by atoms with E-state index in [4.69, 9.17) is 4.74 Å². The Morgan fingerprint density at radius 1 is 1.06 bits per heavy atom. The van der Waals surface area contributed by atoms with Crippen molar-refractivity contribution >= 4 is 11.9 Å². The average molecular weight is 469 g/mol. The molecule has 1 amide bonds. The summed E-state index contributed by atoms with van der Waals surface area (Å²) in [5.74, 6) is 3.13. The molecule has 1 aliphatic heterocycles. The van der Waals surface area contributed by atoms with Gasteiger partial charge in [0.2, 0.25) is 0 Å². The molecule has 6 aliphatic rings. The molecule has 1 spiro atoms. The van der Waals surface area contributed by atoms with E-state index in [1.54, 1.807) is 5.57 Å². The van der Waals surface area contributed by atoms with Crippen LogP contribution in [0.2, 0.25) is 0 Å². The lowest BCUT2D eigenvalue weighted by Gasteiger charge is -2.58. The monoisotopic (exact) mass is 468 g/mol. The molecule has 0 N–H and O–H groups in total. The second-order valence-corrected chi connectivity index (χ2v) is 13.3. The molecule has 0 aromatic heterocycles. The zero-order chi connectivity index (χ0) is 24.0. The van der Waals surface area contributed by atoms with Crippen molar-refractivity contribution in [3.05, 3.63) is 11.6 Å². The van der Waals surface area contributed by atoms with Gasteiger partial charge in [-0.1, -0.05) is 18.6 Å². The van der Waals surface area contributed by atoms with Crippen molar-refractivity contribution in [3.63, 3.8) is 0 Å². The highest BCUT2D eigenvalue weighted by atomic mass is 16.6. The maximum atomic E-state index is 13.2. The standard InChI is InChI=1S/C29H44N2O3/c1-18-23-8-9-25-22-7-6-20-16-21(31(5)26(33)29(14-15-29)34-19(2)32)10-12-27(20,3)24(22)11-13-28(23,25)17-30(18)4/h6,18,21-25H,7-17H2,1-5H3. The number of esters is 1. The number of rotatable bonds is 3. The van der Waals surface area contributed by atoms with Crippen LogP contribution < -0.4 is 0 Å². The largest absolute Gasteiger partial charge is 0.449 e. The molecule has 0 aromatic carbocycles.